The third-order valence-corrected chi connectivity index (χ3v) is 2.01. The van der Waals surface area contributed by atoms with Crippen LogP contribution in [0, 0.1) is 18.3 Å². The summed E-state index contributed by atoms with van der Waals surface area (Å²) in [6.45, 7) is 4.13. The fraction of sp³-hybridized carbons (Fsp3) is 0.364. The van der Waals surface area contributed by atoms with Crippen LogP contribution in [0.15, 0.2) is 18.5 Å². The van der Waals surface area contributed by atoms with Crippen LogP contribution in [0.4, 0.5) is 11.4 Å². The summed E-state index contributed by atoms with van der Waals surface area (Å²) in [5.41, 5.74) is 7.19. The van der Waals surface area contributed by atoms with Crippen molar-refractivity contribution in [1.29, 1.82) is 0 Å². The van der Waals surface area contributed by atoms with Gasteiger partial charge in [-0.25, -0.2) is 0 Å². The van der Waals surface area contributed by atoms with Crippen molar-refractivity contribution in [2.75, 3.05) is 11.1 Å². The van der Waals surface area contributed by atoms with Gasteiger partial charge in [0.1, 0.15) is 0 Å². The van der Waals surface area contributed by atoms with E-state index in [1.165, 1.54) is 0 Å². The van der Waals surface area contributed by atoms with Crippen molar-refractivity contribution in [3.63, 3.8) is 0 Å². The van der Waals surface area contributed by atoms with Crippen molar-refractivity contribution in [2.45, 2.75) is 19.9 Å². The largest absolute Gasteiger partial charge is 0.396 e. The smallest absolute Gasteiger partial charge is 0.0898 e. The first kappa shape index (κ1) is 10.4. The van der Waals surface area contributed by atoms with Gasteiger partial charge in [-0.1, -0.05) is 19.8 Å². The average Bonchev–Trinajstić information content (AvgIpc) is 2.16. The van der Waals surface area contributed by atoms with Gasteiger partial charge in [0.05, 0.1) is 23.6 Å². The Hall–Kier alpha value is -1.69. The first-order valence-electron chi connectivity index (χ1n) is 4.57. The lowest BCUT2D eigenvalue weighted by Crippen LogP contribution is -2.24. The Morgan fingerprint density at radius 2 is 2.29 bits per heavy atom. The zero-order chi connectivity index (χ0) is 10.6. The van der Waals surface area contributed by atoms with E-state index in [1.807, 2.05) is 6.07 Å². The lowest BCUT2D eigenvalue weighted by molar-refractivity contribution is 0.614. The zero-order valence-electron chi connectivity index (χ0n) is 8.49. The van der Waals surface area contributed by atoms with Gasteiger partial charge in [-0.05, 0) is 12.0 Å². The first-order valence-corrected chi connectivity index (χ1v) is 4.57. The number of nitrogen functional groups attached to an aromatic ring is 1. The summed E-state index contributed by atoms with van der Waals surface area (Å²) >= 11 is 0. The van der Waals surface area contributed by atoms with E-state index in [0.717, 1.165) is 5.69 Å². The molecule has 1 rings (SSSR count). The van der Waals surface area contributed by atoms with Crippen molar-refractivity contribution >= 4 is 11.4 Å². The second-order valence-electron chi connectivity index (χ2n) is 3.50. The molecule has 0 aromatic carbocycles. The van der Waals surface area contributed by atoms with Crippen LogP contribution in [0.3, 0.4) is 0 Å². The molecule has 0 radical (unpaired) electrons. The summed E-state index contributed by atoms with van der Waals surface area (Å²) in [5.74, 6) is 3.06. The van der Waals surface area contributed by atoms with Gasteiger partial charge in [-0.2, -0.15) is 0 Å². The minimum Gasteiger partial charge on any atom is -0.396 e. The summed E-state index contributed by atoms with van der Waals surface area (Å²) in [6.07, 6.45) is 8.70. The molecule has 1 aromatic heterocycles. The predicted octanol–water partition coefficient (Wildman–Crippen LogP) is 1.73. The number of pyridine rings is 1. The number of hydrogen-bond acceptors (Lipinski definition) is 3. The highest BCUT2D eigenvalue weighted by Gasteiger charge is 2.10. The number of rotatable bonds is 3. The monoisotopic (exact) mass is 189 g/mol. The van der Waals surface area contributed by atoms with Gasteiger partial charge in [0, 0.05) is 6.20 Å². The minimum absolute atomic E-state index is 0.000278. The molecule has 1 heterocycles. The van der Waals surface area contributed by atoms with E-state index in [1.54, 1.807) is 12.4 Å². The molecule has 3 heteroatoms. The molecule has 0 aliphatic heterocycles. The molecule has 0 saturated carbocycles. The summed E-state index contributed by atoms with van der Waals surface area (Å²) < 4.78 is 0. The first-order chi connectivity index (χ1) is 6.65. The van der Waals surface area contributed by atoms with Gasteiger partial charge >= 0.3 is 0 Å². The Morgan fingerprint density at radius 1 is 1.57 bits per heavy atom. The Bertz CT molecular complexity index is 339. The van der Waals surface area contributed by atoms with Crippen LogP contribution in [-0.2, 0) is 0 Å². The second kappa shape index (κ2) is 4.52. The highest BCUT2D eigenvalue weighted by molar-refractivity contribution is 5.65. The van der Waals surface area contributed by atoms with E-state index in [4.69, 9.17) is 12.2 Å². The Labute approximate surface area is 84.7 Å². The topological polar surface area (TPSA) is 50.9 Å². The maximum Gasteiger partial charge on any atom is 0.0898 e. The van der Waals surface area contributed by atoms with Crippen LogP contribution in [0.1, 0.15) is 13.8 Å². The lowest BCUT2D eigenvalue weighted by Gasteiger charge is -2.18. The average molecular weight is 189 g/mol. The van der Waals surface area contributed by atoms with E-state index in [2.05, 4.69) is 30.1 Å². The van der Waals surface area contributed by atoms with Gasteiger partial charge in [-0.15, -0.1) is 6.42 Å². The molecule has 0 amide bonds. The molecular weight excluding hydrogens is 174 g/mol. The highest BCUT2D eigenvalue weighted by Crippen LogP contribution is 2.18. The van der Waals surface area contributed by atoms with E-state index >= 15 is 0 Å². The minimum atomic E-state index is -0.000278. The van der Waals surface area contributed by atoms with Gasteiger partial charge in [0.25, 0.3) is 0 Å². The molecule has 0 spiro atoms. The van der Waals surface area contributed by atoms with E-state index < -0.39 is 0 Å². The van der Waals surface area contributed by atoms with Crippen molar-refractivity contribution in [3.05, 3.63) is 18.5 Å². The van der Waals surface area contributed by atoms with Gasteiger partial charge in [0.15, 0.2) is 0 Å². The SMILES string of the molecule is C#CC(Nc1ccncc1N)C(C)C. The molecule has 0 saturated heterocycles. The summed E-state index contributed by atoms with van der Waals surface area (Å²) in [6, 6.07) is 1.82. The lowest BCUT2D eigenvalue weighted by atomic mass is 10.1. The fourth-order valence-electron chi connectivity index (χ4n) is 1.11. The number of nitrogens with one attached hydrogen (secondary N) is 1. The second-order valence-corrected chi connectivity index (χ2v) is 3.50. The summed E-state index contributed by atoms with van der Waals surface area (Å²) in [7, 11) is 0. The van der Waals surface area contributed by atoms with Crippen LogP contribution in [0.2, 0.25) is 0 Å². The van der Waals surface area contributed by atoms with Gasteiger partial charge < -0.3 is 11.1 Å². The van der Waals surface area contributed by atoms with Crippen LogP contribution in [-0.4, -0.2) is 11.0 Å². The molecule has 1 aromatic rings. The number of terminal acetylenes is 1. The molecule has 0 bridgehead atoms. The highest BCUT2D eigenvalue weighted by atomic mass is 14.9. The maximum absolute atomic E-state index is 5.73. The van der Waals surface area contributed by atoms with E-state index in [-0.39, 0.29) is 6.04 Å². The van der Waals surface area contributed by atoms with Crippen LogP contribution in [0.25, 0.3) is 0 Å². The third-order valence-electron chi connectivity index (χ3n) is 2.01. The van der Waals surface area contributed by atoms with Crippen molar-refractivity contribution in [3.8, 4) is 12.3 Å². The molecule has 1 unspecified atom stereocenters. The molecule has 3 N–H and O–H groups in total. The number of hydrogen-bond donors (Lipinski definition) is 2. The zero-order valence-corrected chi connectivity index (χ0v) is 8.49. The molecule has 14 heavy (non-hydrogen) atoms. The van der Waals surface area contributed by atoms with Crippen LogP contribution in [0.5, 0.6) is 0 Å². The standard InChI is InChI=1S/C11H15N3/c1-4-10(8(2)3)14-11-5-6-13-7-9(11)12/h1,5-8,10H,12H2,2-3H3,(H,13,14). The number of anilines is 2. The molecular formula is C11H15N3. The van der Waals surface area contributed by atoms with Crippen molar-refractivity contribution < 1.29 is 0 Å². The van der Waals surface area contributed by atoms with Gasteiger partial charge in [-0.3, -0.25) is 4.98 Å². The quantitative estimate of drug-likeness (QED) is 0.712. The fourth-order valence-corrected chi connectivity index (χ4v) is 1.11. The van der Waals surface area contributed by atoms with Crippen molar-refractivity contribution in [1.82, 2.24) is 4.98 Å². The number of aromatic nitrogens is 1. The van der Waals surface area contributed by atoms with Crippen LogP contribution >= 0.6 is 0 Å². The normalized spacial score (nSPS) is 12.1. The molecule has 1 atom stereocenters. The Kier molecular flexibility index (Phi) is 3.35. The molecule has 0 aliphatic carbocycles. The van der Waals surface area contributed by atoms with Gasteiger partial charge in [0.2, 0.25) is 0 Å². The summed E-state index contributed by atoms with van der Waals surface area (Å²) in [5, 5.41) is 3.20. The van der Waals surface area contributed by atoms with E-state index in [0.29, 0.717) is 11.6 Å². The van der Waals surface area contributed by atoms with E-state index in [9.17, 15) is 0 Å². The molecule has 0 fully saturated rings. The Morgan fingerprint density at radius 3 is 2.79 bits per heavy atom. The molecule has 74 valence electrons. The third kappa shape index (κ3) is 2.40. The number of nitrogens with two attached hydrogens (primary N) is 1. The Balaban J connectivity index is 2.78. The van der Waals surface area contributed by atoms with Crippen LogP contribution < -0.4 is 11.1 Å². The summed E-state index contributed by atoms with van der Waals surface area (Å²) in [4.78, 5) is 3.91. The molecule has 0 aliphatic rings. The predicted molar refractivity (Wildman–Crippen MR) is 59.7 cm³/mol. The number of nitrogens with zero attached hydrogens (tertiary/aromatic N) is 1. The van der Waals surface area contributed by atoms with Crippen molar-refractivity contribution in [2.24, 2.45) is 5.92 Å². The molecule has 3 nitrogen and oxygen atoms in total. The maximum atomic E-state index is 5.73.